The Bertz CT molecular complexity index is 363. The summed E-state index contributed by atoms with van der Waals surface area (Å²) in [5.74, 6) is -0.142. The van der Waals surface area contributed by atoms with Gasteiger partial charge >= 0.3 is 5.97 Å². The molecule has 17 heavy (non-hydrogen) atoms. The van der Waals surface area contributed by atoms with E-state index in [0.717, 1.165) is 0 Å². The summed E-state index contributed by atoms with van der Waals surface area (Å²) in [4.78, 5) is 11.2. The van der Waals surface area contributed by atoms with Crippen LogP contribution in [0.25, 0.3) is 0 Å². The van der Waals surface area contributed by atoms with Crippen LogP contribution >= 0.6 is 0 Å². The lowest BCUT2D eigenvalue weighted by Gasteiger charge is -2.14. The molecule has 94 valence electrons. The molecule has 1 N–H and O–H groups in total. The average molecular weight is 235 g/mol. The number of hydrogen-bond acceptors (Lipinski definition) is 3. The Morgan fingerprint density at radius 2 is 2.24 bits per heavy atom. The van der Waals surface area contributed by atoms with Crippen LogP contribution in [0.15, 0.2) is 24.3 Å². The summed E-state index contributed by atoms with van der Waals surface area (Å²) in [5.41, 5.74) is 2.50. The third-order valence-electron chi connectivity index (χ3n) is 2.63. The number of aryl methyl sites for hydroxylation is 1. The minimum atomic E-state index is -0.142. The second kappa shape index (κ2) is 7.07. The van der Waals surface area contributed by atoms with Gasteiger partial charge in [0.15, 0.2) is 0 Å². The van der Waals surface area contributed by atoms with E-state index in [1.165, 1.54) is 11.1 Å². The molecule has 0 radical (unpaired) electrons. The van der Waals surface area contributed by atoms with E-state index in [1.54, 1.807) is 0 Å². The molecular weight excluding hydrogens is 214 g/mol. The van der Waals surface area contributed by atoms with Crippen LogP contribution in [0.5, 0.6) is 0 Å². The first kappa shape index (κ1) is 13.7. The summed E-state index contributed by atoms with van der Waals surface area (Å²) in [5, 5.41) is 3.31. The van der Waals surface area contributed by atoms with E-state index in [9.17, 15) is 4.79 Å². The zero-order chi connectivity index (χ0) is 12.7. The first-order valence-corrected chi connectivity index (χ1v) is 6.09. The molecule has 0 saturated heterocycles. The van der Waals surface area contributed by atoms with Crippen molar-refractivity contribution in [3.63, 3.8) is 0 Å². The highest BCUT2D eigenvalue weighted by molar-refractivity contribution is 5.69. The number of hydrogen-bond donors (Lipinski definition) is 1. The molecule has 0 aliphatic carbocycles. The standard InChI is InChI=1S/C14H21NO2/c1-4-17-14(16)8-9-15-12(3)13-7-5-6-11(2)10-13/h5-7,10,12,15H,4,8-9H2,1-3H3. The minimum Gasteiger partial charge on any atom is -0.466 e. The maximum atomic E-state index is 11.2. The van der Waals surface area contributed by atoms with Crippen LogP contribution in [0.1, 0.15) is 37.4 Å². The van der Waals surface area contributed by atoms with Crippen LogP contribution in [0.3, 0.4) is 0 Å². The second-order valence-electron chi connectivity index (χ2n) is 4.14. The number of esters is 1. The van der Waals surface area contributed by atoms with Gasteiger partial charge in [0.25, 0.3) is 0 Å². The first-order chi connectivity index (χ1) is 8.13. The van der Waals surface area contributed by atoms with E-state index in [4.69, 9.17) is 4.74 Å². The van der Waals surface area contributed by atoms with Gasteiger partial charge in [-0.1, -0.05) is 29.8 Å². The Balaban J connectivity index is 2.35. The van der Waals surface area contributed by atoms with E-state index in [1.807, 2.05) is 13.0 Å². The normalized spacial score (nSPS) is 12.2. The Labute approximate surface area is 103 Å². The van der Waals surface area contributed by atoms with E-state index in [-0.39, 0.29) is 12.0 Å². The molecule has 1 aromatic carbocycles. The van der Waals surface area contributed by atoms with Gasteiger partial charge in [0.2, 0.25) is 0 Å². The fraction of sp³-hybridized carbons (Fsp3) is 0.500. The molecule has 0 saturated carbocycles. The summed E-state index contributed by atoms with van der Waals surface area (Å²) in [6.45, 7) is 7.09. The summed E-state index contributed by atoms with van der Waals surface area (Å²) in [6.07, 6.45) is 0.421. The Morgan fingerprint density at radius 1 is 1.47 bits per heavy atom. The largest absolute Gasteiger partial charge is 0.466 e. The molecule has 0 aliphatic rings. The highest BCUT2D eigenvalue weighted by Crippen LogP contribution is 2.13. The van der Waals surface area contributed by atoms with E-state index >= 15 is 0 Å². The number of carbonyl (C=O) groups is 1. The van der Waals surface area contributed by atoms with E-state index < -0.39 is 0 Å². The van der Waals surface area contributed by atoms with Gasteiger partial charge in [0, 0.05) is 12.6 Å². The van der Waals surface area contributed by atoms with Crippen LogP contribution in [0.2, 0.25) is 0 Å². The predicted octanol–water partition coefficient (Wildman–Crippen LogP) is 2.60. The Morgan fingerprint density at radius 3 is 2.88 bits per heavy atom. The van der Waals surface area contributed by atoms with E-state index in [2.05, 4.69) is 37.4 Å². The van der Waals surface area contributed by atoms with Crippen LogP contribution in [-0.2, 0) is 9.53 Å². The van der Waals surface area contributed by atoms with Crippen molar-refractivity contribution in [3.05, 3.63) is 35.4 Å². The molecule has 0 heterocycles. The van der Waals surface area contributed by atoms with Crippen molar-refractivity contribution in [2.75, 3.05) is 13.2 Å². The summed E-state index contributed by atoms with van der Waals surface area (Å²) < 4.78 is 4.87. The van der Waals surface area contributed by atoms with Gasteiger partial charge in [-0.2, -0.15) is 0 Å². The number of rotatable bonds is 6. The fourth-order valence-electron chi connectivity index (χ4n) is 1.68. The van der Waals surface area contributed by atoms with Gasteiger partial charge in [0.05, 0.1) is 13.0 Å². The molecule has 0 spiro atoms. The zero-order valence-corrected chi connectivity index (χ0v) is 10.8. The van der Waals surface area contributed by atoms with Gasteiger partial charge in [-0.3, -0.25) is 4.79 Å². The molecule has 3 nitrogen and oxygen atoms in total. The molecule has 3 heteroatoms. The van der Waals surface area contributed by atoms with Crippen LogP contribution in [0, 0.1) is 6.92 Å². The molecule has 1 atom stereocenters. The first-order valence-electron chi connectivity index (χ1n) is 6.09. The molecule has 0 fully saturated rings. The molecule has 0 aliphatic heterocycles. The lowest BCUT2D eigenvalue weighted by atomic mass is 10.1. The highest BCUT2D eigenvalue weighted by Gasteiger charge is 2.06. The Hall–Kier alpha value is -1.35. The van der Waals surface area contributed by atoms with Gasteiger partial charge in [-0.25, -0.2) is 0 Å². The second-order valence-corrected chi connectivity index (χ2v) is 4.14. The average Bonchev–Trinajstić information content (AvgIpc) is 2.29. The van der Waals surface area contributed by atoms with Gasteiger partial charge in [0.1, 0.15) is 0 Å². The molecule has 0 bridgehead atoms. The van der Waals surface area contributed by atoms with Gasteiger partial charge in [-0.15, -0.1) is 0 Å². The quantitative estimate of drug-likeness (QED) is 0.770. The van der Waals surface area contributed by atoms with Crippen molar-refractivity contribution < 1.29 is 9.53 Å². The topological polar surface area (TPSA) is 38.3 Å². The number of nitrogens with one attached hydrogen (secondary N) is 1. The molecular formula is C14H21NO2. The lowest BCUT2D eigenvalue weighted by molar-refractivity contribution is -0.143. The summed E-state index contributed by atoms with van der Waals surface area (Å²) >= 11 is 0. The van der Waals surface area contributed by atoms with Crippen LogP contribution in [0.4, 0.5) is 0 Å². The minimum absolute atomic E-state index is 0.142. The van der Waals surface area contributed by atoms with Crippen molar-refractivity contribution in [1.29, 1.82) is 0 Å². The maximum absolute atomic E-state index is 11.2. The molecule has 1 rings (SSSR count). The highest BCUT2D eigenvalue weighted by atomic mass is 16.5. The zero-order valence-electron chi connectivity index (χ0n) is 10.8. The SMILES string of the molecule is CCOC(=O)CCNC(C)c1cccc(C)c1. The van der Waals surface area contributed by atoms with Crippen molar-refractivity contribution in [1.82, 2.24) is 5.32 Å². The van der Waals surface area contributed by atoms with Crippen molar-refractivity contribution in [3.8, 4) is 0 Å². The monoisotopic (exact) mass is 235 g/mol. The van der Waals surface area contributed by atoms with Crippen LogP contribution < -0.4 is 5.32 Å². The van der Waals surface area contributed by atoms with Gasteiger partial charge in [-0.05, 0) is 26.3 Å². The summed E-state index contributed by atoms with van der Waals surface area (Å²) in [7, 11) is 0. The lowest BCUT2D eigenvalue weighted by Crippen LogP contribution is -2.22. The Kier molecular flexibility index (Phi) is 5.70. The van der Waals surface area contributed by atoms with Gasteiger partial charge < -0.3 is 10.1 Å². The fourth-order valence-corrected chi connectivity index (χ4v) is 1.68. The van der Waals surface area contributed by atoms with Crippen LogP contribution in [-0.4, -0.2) is 19.1 Å². The number of ether oxygens (including phenoxy) is 1. The van der Waals surface area contributed by atoms with Crippen molar-refractivity contribution in [2.45, 2.75) is 33.2 Å². The number of carbonyl (C=O) groups excluding carboxylic acids is 1. The third-order valence-corrected chi connectivity index (χ3v) is 2.63. The maximum Gasteiger partial charge on any atom is 0.307 e. The molecule has 0 amide bonds. The van der Waals surface area contributed by atoms with E-state index in [0.29, 0.717) is 19.6 Å². The smallest absolute Gasteiger partial charge is 0.307 e. The third kappa shape index (κ3) is 5.00. The summed E-state index contributed by atoms with van der Waals surface area (Å²) in [6, 6.07) is 8.63. The predicted molar refractivity (Wildman–Crippen MR) is 68.8 cm³/mol. The number of benzene rings is 1. The molecule has 1 aromatic rings. The van der Waals surface area contributed by atoms with Crippen molar-refractivity contribution in [2.24, 2.45) is 0 Å². The molecule has 0 aromatic heterocycles. The molecule has 1 unspecified atom stereocenters. The van der Waals surface area contributed by atoms with Crippen molar-refractivity contribution >= 4 is 5.97 Å².